The number of nitrogens with zero attached hydrogens (tertiary/aromatic N) is 1. The minimum atomic E-state index is 0.253. The second-order valence-electron chi connectivity index (χ2n) is 7.08. The molecule has 0 aromatic rings. The molecule has 1 saturated carbocycles. The maximum Gasteiger partial charge on any atom is 0.0871 e. The molecule has 2 aliphatic rings. The molecule has 0 radical (unpaired) electrons. The molecule has 0 aromatic carbocycles. The molecule has 1 saturated heterocycles. The Morgan fingerprint density at radius 1 is 1.25 bits per heavy atom. The van der Waals surface area contributed by atoms with Gasteiger partial charge in [-0.15, -0.1) is 0 Å². The van der Waals surface area contributed by atoms with E-state index in [9.17, 15) is 0 Å². The third-order valence-electron chi connectivity index (χ3n) is 5.03. The van der Waals surface area contributed by atoms with Gasteiger partial charge in [0.2, 0.25) is 0 Å². The molecule has 2 fully saturated rings. The Balaban J connectivity index is 1.96. The van der Waals surface area contributed by atoms with Crippen LogP contribution < -0.4 is 11.3 Å². The Morgan fingerprint density at radius 3 is 2.55 bits per heavy atom. The highest BCUT2D eigenvalue weighted by Gasteiger charge is 2.36. The molecule has 4 atom stereocenters. The zero-order valence-electron chi connectivity index (χ0n) is 13.5. The van der Waals surface area contributed by atoms with E-state index in [0.29, 0.717) is 12.0 Å². The lowest BCUT2D eigenvalue weighted by Crippen LogP contribution is -2.57. The molecule has 0 bridgehead atoms. The van der Waals surface area contributed by atoms with Gasteiger partial charge in [0.25, 0.3) is 0 Å². The number of hydrogen-bond acceptors (Lipinski definition) is 4. The third kappa shape index (κ3) is 4.17. The van der Waals surface area contributed by atoms with Crippen molar-refractivity contribution in [2.75, 3.05) is 26.2 Å². The van der Waals surface area contributed by atoms with Crippen LogP contribution in [0.4, 0.5) is 0 Å². The molecule has 1 aliphatic heterocycles. The van der Waals surface area contributed by atoms with E-state index in [-0.39, 0.29) is 6.10 Å². The molecule has 118 valence electrons. The summed E-state index contributed by atoms with van der Waals surface area (Å²) < 4.78 is 6.05. The van der Waals surface area contributed by atoms with Crippen molar-refractivity contribution in [3.05, 3.63) is 0 Å². The molecular formula is C16H33N3O. The van der Waals surface area contributed by atoms with E-state index in [1.807, 2.05) is 0 Å². The van der Waals surface area contributed by atoms with E-state index in [4.69, 9.17) is 10.6 Å². The molecule has 4 nitrogen and oxygen atoms in total. The minimum Gasteiger partial charge on any atom is -0.374 e. The topological polar surface area (TPSA) is 50.5 Å². The fraction of sp³-hybridized carbons (Fsp3) is 1.00. The molecule has 1 heterocycles. The summed E-state index contributed by atoms with van der Waals surface area (Å²) in [4.78, 5) is 2.52. The molecule has 4 heteroatoms. The summed E-state index contributed by atoms with van der Waals surface area (Å²) >= 11 is 0. The van der Waals surface area contributed by atoms with Gasteiger partial charge in [-0.25, -0.2) is 0 Å². The molecule has 2 rings (SSSR count). The highest BCUT2D eigenvalue weighted by molar-refractivity contribution is 4.90. The number of nitrogens with one attached hydrogen (secondary N) is 1. The average molecular weight is 283 g/mol. The van der Waals surface area contributed by atoms with Gasteiger partial charge < -0.3 is 4.74 Å². The predicted octanol–water partition coefficient (Wildman–Crippen LogP) is 2.00. The summed E-state index contributed by atoms with van der Waals surface area (Å²) in [6.45, 7) is 11.1. The van der Waals surface area contributed by atoms with Crippen LogP contribution in [0.1, 0.15) is 46.5 Å². The highest BCUT2D eigenvalue weighted by Crippen LogP contribution is 2.36. The number of nitrogens with two attached hydrogens (primary N) is 1. The smallest absolute Gasteiger partial charge is 0.0871 e. The van der Waals surface area contributed by atoms with E-state index in [1.165, 1.54) is 32.2 Å². The van der Waals surface area contributed by atoms with Crippen molar-refractivity contribution in [1.29, 1.82) is 0 Å². The molecule has 3 N–H and O–H groups in total. The SMILES string of the molecule is CCCN1CCOC(C(NN)C2CC(C)CC(C)C2)C1. The largest absolute Gasteiger partial charge is 0.374 e. The quantitative estimate of drug-likeness (QED) is 0.598. The molecule has 0 amide bonds. The van der Waals surface area contributed by atoms with Gasteiger partial charge in [0.15, 0.2) is 0 Å². The maximum atomic E-state index is 6.05. The first-order chi connectivity index (χ1) is 9.63. The van der Waals surface area contributed by atoms with Crippen molar-refractivity contribution < 1.29 is 4.74 Å². The molecule has 0 spiro atoms. The Morgan fingerprint density at radius 2 is 1.95 bits per heavy atom. The molecule has 20 heavy (non-hydrogen) atoms. The zero-order chi connectivity index (χ0) is 14.5. The average Bonchev–Trinajstić information content (AvgIpc) is 2.39. The standard InChI is InChI=1S/C16H33N3O/c1-4-5-19-6-7-20-15(11-19)16(18-17)14-9-12(2)8-13(3)10-14/h12-16,18H,4-11,17H2,1-3H3. The van der Waals surface area contributed by atoms with Crippen molar-refractivity contribution in [2.45, 2.75) is 58.6 Å². The summed E-state index contributed by atoms with van der Waals surface area (Å²) in [6, 6.07) is 0.305. The normalized spacial score (nSPS) is 37.8. The Kier molecular flexibility index (Phi) is 6.27. The summed E-state index contributed by atoms with van der Waals surface area (Å²) in [5, 5.41) is 0. The van der Waals surface area contributed by atoms with Gasteiger partial charge in [-0.1, -0.05) is 20.8 Å². The van der Waals surface area contributed by atoms with Crippen molar-refractivity contribution in [2.24, 2.45) is 23.6 Å². The summed E-state index contributed by atoms with van der Waals surface area (Å²) in [5.74, 6) is 8.18. The van der Waals surface area contributed by atoms with E-state index in [1.54, 1.807) is 0 Å². The maximum absolute atomic E-state index is 6.05. The second-order valence-corrected chi connectivity index (χ2v) is 7.08. The third-order valence-corrected chi connectivity index (χ3v) is 5.03. The lowest BCUT2D eigenvalue weighted by atomic mass is 9.72. The Hall–Kier alpha value is -0.160. The number of ether oxygens (including phenoxy) is 1. The van der Waals surface area contributed by atoms with Crippen LogP contribution in [0.5, 0.6) is 0 Å². The van der Waals surface area contributed by atoms with Crippen LogP contribution in [0.2, 0.25) is 0 Å². The number of hydrazine groups is 1. The number of hydrogen-bond donors (Lipinski definition) is 2. The van der Waals surface area contributed by atoms with Gasteiger partial charge in [-0.3, -0.25) is 16.2 Å². The zero-order valence-corrected chi connectivity index (χ0v) is 13.5. The van der Waals surface area contributed by atoms with Gasteiger partial charge in [-0.05, 0) is 50.0 Å². The van der Waals surface area contributed by atoms with Crippen molar-refractivity contribution >= 4 is 0 Å². The van der Waals surface area contributed by atoms with Crippen molar-refractivity contribution in [1.82, 2.24) is 10.3 Å². The first kappa shape index (κ1) is 16.2. The monoisotopic (exact) mass is 283 g/mol. The Labute approximate surface area is 124 Å². The fourth-order valence-corrected chi connectivity index (χ4v) is 4.32. The number of rotatable bonds is 5. The van der Waals surface area contributed by atoms with E-state index in [2.05, 4.69) is 31.1 Å². The number of morpholine rings is 1. The van der Waals surface area contributed by atoms with Crippen LogP contribution >= 0.6 is 0 Å². The molecule has 4 unspecified atom stereocenters. The van der Waals surface area contributed by atoms with E-state index >= 15 is 0 Å². The van der Waals surface area contributed by atoms with Crippen LogP contribution in [-0.4, -0.2) is 43.3 Å². The van der Waals surface area contributed by atoms with Gasteiger partial charge in [0.05, 0.1) is 18.8 Å². The molecular weight excluding hydrogens is 250 g/mol. The van der Waals surface area contributed by atoms with Crippen LogP contribution in [0.15, 0.2) is 0 Å². The van der Waals surface area contributed by atoms with Gasteiger partial charge in [-0.2, -0.15) is 0 Å². The van der Waals surface area contributed by atoms with Crippen molar-refractivity contribution in [3.63, 3.8) is 0 Å². The van der Waals surface area contributed by atoms with Crippen LogP contribution in [0.3, 0.4) is 0 Å². The summed E-state index contributed by atoms with van der Waals surface area (Å²) in [6.07, 6.45) is 5.40. The van der Waals surface area contributed by atoms with Crippen LogP contribution in [-0.2, 0) is 4.74 Å². The fourth-order valence-electron chi connectivity index (χ4n) is 4.32. The second kappa shape index (κ2) is 7.74. The predicted molar refractivity (Wildman–Crippen MR) is 83.3 cm³/mol. The molecule has 1 aliphatic carbocycles. The van der Waals surface area contributed by atoms with Gasteiger partial charge in [0.1, 0.15) is 0 Å². The summed E-state index contributed by atoms with van der Waals surface area (Å²) in [5.41, 5.74) is 3.09. The molecule has 0 aromatic heterocycles. The van der Waals surface area contributed by atoms with Gasteiger partial charge in [0, 0.05) is 13.1 Å². The van der Waals surface area contributed by atoms with E-state index < -0.39 is 0 Å². The van der Waals surface area contributed by atoms with Crippen LogP contribution in [0.25, 0.3) is 0 Å². The lowest BCUT2D eigenvalue weighted by Gasteiger charge is -2.42. The Bertz CT molecular complexity index is 275. The van der Waals surface area contributed by atoms with E-state index in [0.717, 1.165) is 31.5 Å². The summed E-state index contributed by atoms with van der Waals surface area (Å²) in [7, 11) is 0. The van der Waals surface area contributed by atoms with Crippen molar-refractivity contribution in [3.8, 4) is 0 Å². The first-order valence-corrected chi connectivity index (χ1v) is 8.44. The minimum absolute atomic E-state index is 0.253. The van der Waals surface area contributed by atoms with Crippen LogP contribution in [0, 0.1) is 17.8 Å². The highest BCUT2D eigenvalue weighted by atomic mass is 16.5. The van der Waals surface area contributed by atoms with Gasteiger partial charge >= 0.3 is 0 Å². The first-order valence-electron chi connectivity index (χ1n) is 8.44. The lowest BCUT2D eigenvalue weighted by molar-refractivity contribution is -0.0627.